The van der Waals surface area contributed by atoms with Crippen LogP contribution in [0.3, 0.4) is 0 Å². The largest absolute Gasteiger partial charge is 0.508 e. The molecule has 0 saturated carbocycles. The zero-order valence-electron chi connectivity index (χ0n) is 15.4. The molecule has 0 unspecified atom stereocenters. The second kappa shape index (κ2) is 15.4. The first kappa shape index (κ1) is 23.8. The SMILES string of the molecule is C=C/C(O)=C\C=C(/C)C(=O)OCCc1ccc(O)cc1.CC.CC. The summed E-state index contributed by atoms with van der Waals surface area (Å²) in [6.45, 7) is 13.3. The van der Waals surface area contributed by atoms with Gasteiger partial charge in [0.2, 0.25) is 0 Å². The summed E-state index contributed by atoms with van der Waals surface area (Å²) in [5, 5.41) is 18.3. The highest BCUT2D eigenvalue weighted by molar-refractivity contribution is 5.88. The predicted molar refractivity (Wildman–Crippen MR) is 100 cm³/mol. The van der Waals surface area contributed by atoms with E-state index in [9.17, 15) is 4.79 Å². The van der Waals surface area contributed by atoms with Crippen LogP contribution in [0.25, 0.3) is 0 Å². The van der Waals surface area contributed by atoms with Crippen LogP contribution < -0.4 is 0 Å². The van der Waals surface area contributed by atoms with E-state index in [-0.39, 0.29) is 18.1 Å². The van der Waals surface area contributed by atoms with Gasteiger partial charge in [0.25, 0.3) is 0 Å². The summed E-state index contributed by atoms with van der Waals surface area (Å²) in [7, 11) is 0. The molecule has 4 heteroatoms. The summed E-state index contributed by atoms with van der Waals surface area (Å²) in [5.74, 6) is -0.239. The van der Waals surface area contributed by atoms with Gasteiger partial charge in [-0.3, -0.25) is 0 Å². The molecule has 0 atom stereocenters. The van der Waals surface area contributed by atoms with E-state index in [2.05, 4.69) is 6.58 Å². The van der Waals surface area contributed by atoms with Crippen LogP contribution in [0.1, 0.15) is 40.2 Å². The molecule has 0 amide bonds. The molecule has 1 rings (SSSR count). The highest BCUT2D eigenvalue weighted by Gasteiger charge is 2.04. The first-order valence-corrected chi connectivity index (χ1v) is 8.18. The Morgan fingerprint density at radius 2 is 1.67 bits per heavy atom. The van der Waals surface area contributed by atoms with Crippen molar-refractivity contribution in [3.05, 3.63) is 66.0 Å². The fourth-order valence-corrected chi connectivity index (χ4v) is 1.38. The van der Waals surface area contributed by atoms with Crippen LogP contribution in [0.5, 0.6) is 5.75 Å². The van der Waals surface area contributed by atoms with E-state index >= 15 is 0 Å². The van der Waals surface area contributed by atoms with Crippen molar-refractivity contribution in [1.82, 2.24) is 0 Å². The Hall–Kier alpha value is -2.49. The van der Waals surface area contributed by atoms with Crippen molar-refractivity contribution in [3.8, 4) is 5.75 Å². The molecule has 0 aliphatic carbocycles. The van der Waals surface area contributed by atoms with E-state index < -0.39 is 5.97 Å². The van der Waals surface area contributed by atoms with Crippen molar-refractivity contribution in [2.75, 3.05) is 6.61 Å². The number of benzene rings is 1. The van der Waals surface area contributed by atoms with Crippen molar-refractivity contribution < 1.29 is 19.7 Å². The fraction of sp³-hybridized carbons (Fsp3) is 0.350. The van der Waals surface area contributed by atoms with E-state index in [1.54, 1.807) is 31.2 Å². The molecule has 0 spiro atoms. The minimum atomic E-state index is -0.433. The zero-order chi connectivity index (χ0) is 19.0. The Morgan fingerprint density at radius 1 is 1.12 bits per heavy atom. The molecular weight excluding hydrogens is 304 g/mol. The maximum absolute atomic E-state index is 11.6. The number of aliphatic hydroxyl groups is 1. The lowest BCUT2D eigenvalue weighted by Gasteiger charge is -2.05. The number of rotatable bonds is 6. The van der Waals surface area contributed by atoms with Crippen LogP contribution in [0.4, 0.5) is 0 Å². The third-order valence-electron chi connectivity index (χ3n) is 2.60. The predicted octanol–water partition coefficient (Wildman–Crippen LogP) is 5.10. The molecule has 1 aromatic carbocycles. The first-order chi connectivity index (χ1) is 11.5. The van der Waals surface area contributed by atoms with Crippen molar-refractivity contribution in [1.29, 1.82) is 0 Å². The molecule has 0 aliphatic heterocycles. The Bertz CT molecular complexity index is 525. The first-order valence-electron chi connectivity index (χ1n) is 8.18. The highest BCUT2D eigenvalue weighted by atomic mass is 16.5. The van der Waals surface area contributed by atoms with Gasteiger partial charge in [0, 0.05) is 12.0 Å². The number of esters is 1. The number of hydrogen-bond acceptors (Lipinski definition) is 4. The number of phenolic OH excluding ortho intramolecular Hbond substituents is 1. The summed E-state index contributed by atoms with van der Waals surface area (Å²) in [6, 6.07) is 6.73. The average molecular weight is 334 g/mol. The molecule has 2 N–H and O–H groups in total. The Kier molecular flexibility index (Phi) is 15.3. The smallest absolute Gasteiger partial charge is 0.333 e. The Labute approximate surface area is 145 Å². The third-order valence-corrected chi connectivity index (χ3v) is 2.60. The maximum Gasteiger partial charge on any atom is 0.333 e. The molecule has 0 bridgehead atoms. The van der Waals surface area contributed by atoms with Crippen LogP contribution in [0.2, 0.25) is 0 Å². The number of allylic oxidation sites excluding steroid dienone is 3. The maximum atomic E-state index is 11.6. The summed E-state index contributed by atoms with van der Waals surface area (Å²) < 4.78 is 5.10. The molecular formula is C20H30O4. The van der Waals surface area contributed by atoms with E-state index in [1.807, 2.05) is 27.7 Å². The molecule has 0 radical (unpaired) electrons. The van der Waals surface area contributed by atoms with Gasteiger partial charge in [-0.25, -0.2) is 4.79 Å². The second-order valence-corrected chi connectivity index (χ2v) is 4.20. The van der Waals surface area contributed by atoms with E-state index in [1.165, 1.54) is 18.2 Å². The van der Waals surface area contributed by atoms with E-state index in [0.717, 1.165) is 5.56 Å². The molecule has 0 aliphatic rings. The monoisotopic (exact) mass is 334 g/mol. The van der Waals surface area contributed by atoms with E-state index in [4.69, 9.17) is 14.9 Å². The summed E-state index contributed by atoms with van der Waals surface area (Å²) in [5.41, 5.74) is 1.37. The summed E-state index contributed by atoms with van der Waals surface area (Å²) in [4.78, 5) is 11.6. The van der Waals surface area contributed by atoms with Gasteiger partial charge in [-0.2, -0.15) is 0 Å². The zero-order valence-corrected chi connectivity index (χ0v) is 15.4. The lowest BCUT2D eigenvalue weighted by atomic mass is 10.1. The average Bonchev–Trinajstić information content (AvgIpc) is 2.64. The van der Waals surface area contributed by atoms with Crippen LogP contribution in [-0.2, 0) is 16.0 Å². The number of aliphatic hydroxyl groups excluding tert-OH is 1. The fourth-order valence-electron chi connectivity index (χ4n) is 1.38. The molecule has 4 nitrogen and oxygen atoms in total. The molecule has 24 heavy (non-hydrogen) atoms. The number of ether oxygens (including phenoxy) is 1. The van der Waals surface area contributed by atoms with Crippen molar-refractivity contribution in [3.63, 3.8) is 0 Å². The Morgan fingerprint density at radius 3 is 2.17 bits per heavy atom. The molecule has 1 aromatic rings. The molecule has 0 aromatic heterocycles. The summed E-state index contributed by atoms with van der Waals surface area (Å²) >= 11 is 0. The standard InChI is InChI=1S/C16H18O4.2C2H6/c1-3-14(17)7-4-12(2)16(19)20-11-10-13-5-8-15(18)9-6-13;2*1-2/h3-9,17-18H,1,10-11H2,2H3;2*1-2H3/b12-4+,14-7+;;. The van der Waals surface area contributed by atoms with Gasteiger partial charge in [-0.15, -0.1) is 0 Å². The number of phenols is 1. The van der Waals surface area contributed by atoms with E-state index in [0.29, 0.717) is 12.0 Å². The van der Waals surface area contributed by atoms with Gasteiger partial charge in [-0.05, 0) is 42.8 Å². The van der Waals surface area contributed by atoms with Gasteiger partial charge in [0.05, 0.1) is 6.61 Å². The quantitative estimate of drug-likeness (QED) is 0.328. The lowest BCUT2D eigenvalue weighted by Crippen LogP contribution is -2.08. The minimum Gasteiger partial charge on any atom is -0.508 e. The number of aromatic hydroxyl groups is 1. The van der Waals surface area contributed by atoms with Crippen LogP contribution >= 0.6 is 0 Å². The Balaban J connectivity index is 0. The van der Waals surface area contributed by atoms with Gasteiger partial charge < -0.3 is 14.9 Å². The van der Waals surface area contributed by atoms with Crippen molar-refractivity contribution in [2.24, 2.45) is 0 Å². The molecule has 0 saturated heterocycles. The second-order valence-electron chi connectivity index (χ2n) is 4.20. The normalized spacial score (nSPS) is 10.5. The van der Waals surface area contributed by atoms with Gasteiger partial charge >= 0.3 is 5.97 Å². The number of carbonyl (C=O) groups is 1. The van der Waals surface area contributed by atoms with Crippen LogP contribution in [-0.4, -0.2) is 22.8 Å². The van der Waals surface area contributed by atoms with Crippen LogP contribution in [0.15, 0.2) is 60.4 Å². The molecule has 0 heterocycles. The van der Waals surface area contributed by atoms with Gasteiger partial charge in [0.1, 0.15) is 11.5 Å². The van der Waals surface area contributed by atoms with Gasteiger partial charge in [0.15, 0.2) is 0 Å². The van der Waals surface area contributed by atoms with Crippen molar-refractivity contribution >= 4 is 5.97 Å². The summed E-state index contributed by atoms with van der Waals surface area (Å²) in [6.07, 6.45) is 4.70. The lowest BCUT2D eigenvalue weighted by molar-refractivity contribution is -0.138. The molecule has 0 fully saturated rings. The van der Waals surface area contributed by atoms with Gasteiger partial charge in [-0.1, -0.05) is 46.4 Å². The van der Waals surface area contributed by atoms with Crippen LogP contribution in [0, 0.1) is 0 Å². The number of carbonyl (C=O) groups excluding carboxylic acids is 1. The minimum absolute atomic E-state index is 0.0127. The topological polar surface area (TPSA) is 66.8 Å². The van der Waals surface area contributed by atoms with Crippen molar-refractivity contribution in [2.45, 2.75) is 41.0 Å². The molecule has 134 valence electrons. The third kappa shape index (κ3) is 11.1. The number of hydrogen-bond donors (Lipinski definition) is 2. The highest BCUT2D eigenvalue weighted by Crippen LogP contribution is 2.10.